The molecule has 0 aliphatic heterocycles. The van der Waals surface area contributed by atoms with E-state index in [2.05, 4.69) is 4.74 Å². The van der Waals surface area contributed by atoms with Gasteiger partial charge in [-0.2, -0.15) is 14.0 Å². The quantitative estimate of drug-likeness (QED) is 0.313. The maximum atomic E-state index is 15.1. The van der Waals surface area contributed by atoms with Gasteiger partial charge in [-0.05, 0) is 30.5 Å². The first-order valence-corrected chi connectivity index (χ1v) is 10.0. The molecule has 0 aliphatic carbocycles. The van der Waals surface area contributed by atoms with E-state index in [-0.39, 0.29) is 30.2 Å². The Morgan fingerprint density at radius 3 is 1.94 bits per heavy atom. The Kier molecular flexibility index (Phi) is 7.24. The second kappa shape index (κ2) is 9.82. The fourth-order valence-electron chi connectivity index (χ4n) is 3.40. The molecule has 0 bridgehead atoms. The molecule has 0 atom stereocenters. The van der Waals surface area contributed by atoms with Gasteiger partial charge < -0.3 is 4.74 Å². The zero-order valence-corrected chi connectivity index (χ0v) is 17.8. The van der Waals surface area contributed by atoms with E-state index in [9.17, 15) is 35.8 Å². The Balaban J connectivity index is 2.14. The largest absolute Gasteiger partial charge is 0.432 e. The lowest BCUT2D eigenvalue weighted by molar-refractivity contribution is -0.189. The van der Waals surface area contributed by atoms with Gasteiger partial charge in [0, 0.05) is 18.2 Å². The first-order chi connectivity index (χ1) is 16.4. The van der Waals surface area contributed by atoms with Gasteiger partial charge in [0.2, 0.25) is 0 Å². The molecule has 3 rings (SSSR count). The topological polar surface area (TPSA) is 52.9 Å². The molecular weight excluding hydrogens is 486 g/mol. The molecule has 1 radical (unpaired) electrons. The van der Waals surface area contributed by atoms with Crippen molar-refractivity contribution < 1.29 is 45.0 Å². The number of unbranched alkanes of at least 4 members (excludes halogenated alkanes) is 1. The summed E-state index contributed by atoms with van der Waals surface area (Å²) in [6.45, 7) is 1.82. The minimum Gasteiger partial charge on any atom is -0.429 e. The van der Waals surface area contributed by atoms with E-state index in [0.29, 0.717) is 12.8 Å². The number of rotatable bonds is 7. The number of hydrogen-bond donors (Lipinski definition) is 0. The van der Waals surface area contributed by atoms with E-state index in [1.807, 2.05) is 6.92 Å². The molecule has 11 heteroatoms. The minimum absolute atomic E-state index is 0.116. The van der Waals surface area contributed by atoms with Crippen molar-refractivity contribution in [2.24, 2.45) is 0 Å². The summed E-state index contributed by atoms with van der Waals surface area (Å²) in [4.78, 5) is 0. The molecule has 35 heavy (non-hydrogen) atoms. The zero-order chi connectivity index (χ0) is 26.1. The van der Waals surface area contributed by atoms with Crippen molar-refractivity contribution in [1.82, 2.24) is 0 Å². The Hall–Kier alpha value is -3.81. The molecule has 3 nitrogen and oxygen atoms in total. The highest BCUT2D eigenvalue weighted by Gasteiger charge is 2.44. The van der Waals surface area contributed by atoms with Gasteiger partial charge in [0.1, 0.15) is 52.0 Å². The number of nitrogens with zero attached hydrogens (tertiary/aromatic N) is 1. The standard InChI is InChI=1S/C24H14F8NO2/c1-2-3-4-11-5-16(27)20(17(28)6-11)21-19(34)9-18(29)22(23(21)30)24(31,32)35-12-7-14(25)13(10-33)15(26)8-12/h5-9H,2-4H2,1H3. The Bertz CT molecular complexity index is 1290. The molecular formula is C24H14F8NO2. The van der Waals surface area contributed by atoms with Crippen molar-refractivity contribution in [3.8, 4) is 28.7 Å². The number of aryl methyl sites for hydroxylation is 1. The van der Waals surface area contributed by atoms with Crippen LogP contribution in [0.3, 0.4) is 0 Å². The highest BCUT2D eigenvalue weighted by Crippen LogP contribution is 2.44. The first-order valence-electron chi connectivity index (χ1n) is 10.0. The van der Waals surface area contributed by atoms with Crippen LogP contribution in [-0.2, 0) is 17.6 Å². The van der Waals surface area contributed by atoms with Crippen LogP contribution in [-0.4, -0.2) is 0 Å². The van der Waals surface area contributed by atoms with Gasteiger partial charge in [-0.25, -0.2) is 26.3 Å². The summed E-state index contributed by atoms with van der Waals surface area (Å²) in [5.41, 5.74) is -5.98. The molecule has 0 spiro atoms. The minimum atomic E-state index is -5.00. The summed E-state index contributed by atoms with van der Waals surface area (Å²) >= 11 is 0. The van der Waals surface area contributed by atoms with Crippen molar-refractivity contribution in [3.05, 3.63) is 81.9 Å². The van der Waals surface area contributed by atoms with E-state index in [1.165, 1.54) is 0 Å². The molecule has 0 aliphatic rings. The van der Waals surface area contributed by atoms with Crippen LogP contribution in [0, 0.1) is 46.2 Å². The zero-order valence-electron chi connectivity index (χ0n) is 17.8. The number of ether oxygens (including phenoxy) is 1. The third kappa shape index (κ3) is 5.01. The van der Waals surface area contributed by atoms with Crippen LogP contribution >= 0.6 is 0 Å². The van der Waals surface area contributed by atoms with Crippen molar-refractivity contribution in [2.75, 3.05) is 0 Å². The lowest BCUT2D eigenvalue weighted by Gasteiger charge is -2.21. The molecule has 0 saturated carbocycles. The molecule has 0 saturated heterocycles. The van der Waals surface area contributed by atoms with Crippen LogP contribution in [0.5, 0.6) is 11.5 Å². The molecule has 0 fully saturated rings. The second-order valence-corrected chi connectivity index (χ2v) is 7.45. The summed E-state index contributed by atoms with van der Waals surface area (Å²) in [5, 5.41) is 20.8. The Labute approximate surface area is 193 Å². The van der Waals surface area contributed by atoms with E-state index >= 15 is 4.39 Å². The average molecular weight is 500 g/mol. The van der Waals surface area contributed by atoms with Gasteiger partial charge in [0.05, 0.1) is 11.1 Å². The van der Waals surface area contributed by atoms with Gasteiger partial charge in [-0.1, -0.05) is 13.3 Å². The van der Waals surface area contributed by atoms with E-state index in [0.717, 1.165) is 18.2 Å². The maximum Gasteiger partial charge on any atom is 0.432 e. The summed E-state index contributed by atoms with van der Waals surface area (Å²) in [5.74, 6) is -13.4. The summed E-state index contributed by atoms with van der Waals surface area (Å²) in [7, 11) is 0. The molecule has 3 aromatic rings. The normalized spacial score (nSPS) is 11.4. The van der Waals surface area contributed by atoms with Crippen LogP contribution in [0.1, 0.15) is 36.5 Å². The van der Waals surface area contributed by atoms with Crippen molar-refractivity contribution >= 4 is 0 Å². The molecule has 183 valence electrons. The van der Waals surface area contributed by atoms with Crippen LogP contribution in [0.15, 0.2) is 30.3 Å². The Morgan fingerprint density at radius 2 is 1.43 bits per heavy atom. The third-order valence-corrected chi connectivity index (χ3v) is 5.02. The van der Waals surface area contributed by atoms with Crippen LogP contribution < -0.4 is 4.74 Å². The number of alkyl halides is 2. The third-order valence-electron chi connectivity index (χ3n) is 5.02. The van der Waals surface area contributed by atoms with Gasteiger partial charge in [-0.3, -0.25) is 5.11 Å². The fourth-order valence-corrected chi connectivity index (χ4v) is 3.40. The van der Waals surface area contributed by atoms with Crippen LogP contribution in [0.25, 0.3) is 11.1 Å². The molecule has 0 heterocycles. The molecule has 0 N–H and O–H groups in total. The van der Waals surface area contributed by atoms with Crippen molar-refractivity contribution in [2.45, 2.75) is 32.3 Å². The molecule has 3 aromatic carbocycles. The number of halogens is 8. The van der Waals surface area contributed by atoms with E-state index in [4.69, 9.17) is 5.26 Å². The number of hydrogen-bond acceptors (Lipinski definition) is 2. The van der Waals surface area contributed by atoms with Crippen LogP contribution in [0.2, 0.25) is 0 Å². The lowest BCUT2D eigenvalue weighted by atomic mass is 9.96. The molecule has 0 unspecified atom stereocenters. The van der Waals surface area contributed by atoms with Gasteiger partial charge in [0.25, 0.3) is 0 Å². The maximum absolute atomic E-state index is 15.1. The predicted molar refractivity (Wildman–Crippen MR) is 106 cm³/mol. The van der Waals surface area contributed by atoms with Crippen molar-refractivity contribution in [3.63, 3.8) is 0 Å². The fraction of sp³-hybridized carbons (Fsp3) is 0.208. The van der Waals surface area contributed by atoms with Crippen molar-refractivity contribution in [1.29, 1.82) is 5.26 Å². The lowest BCUT2D eigenvalue weighted by Crippen LogP contribution is -2.26. The smallest absolute Gasteiger partial charge is 0.429 e. The first kappa shape index (κ1) is 25.8. The Morgan fingerprint density at radius 1 is 0.857 bits per heavy atom. The highest BCUT2D eigenvalue weighted by atomic mass is 19.3. The summed E-state index contributed by atoms with van der Waals surface area (Å²) < 4.78 is 120. The van der Waals surface area contributed by atoms with Gasteiger partial charge >= 0.3 is 6.11 Å². The summed E-state index contributed by atoms with van der Waals surface area (Å²) in [6, 6.07) is 2.96. The number of nitriles is 1. The summed E-state index contributed by atoms with van der Waals surface area (Å²) in [6.07, 6.45) is -3.51. The molecule has 0 aromatic heterocycles. The average Bonchev–Trinajstić information content (AvgIpc) is 2.73. The van der Waals surface area contributed by atoms with E-state index in [1.54, 1.807) is 0 Å². The van der Waals surface area contributed by atoms with Gasteiger partial charge in [-0.15, -0.1) is 0 Å². The predicted octanol–water partition coefficient (Wildman–Crippen LogP) is 7.67. The SMILES string of the molecule is CCCCc1cc(F)c(-c2c([O])cc(F)c(C(F)(F)Oc3cc(F)c(C#N)c(F)c3)c2F)c(F)c1. The second-order valence-electron chi connectivity index (χ2n) is 7.45. The van der Waals surface area contributed by atoms with E-state index < -0.39 is 74.8 Å². The number of benzene rings is 3. The molecule has 0 amide bonds. The van der Waals surface area contributed by atoms with Gasteiger partial charge in [0.15, 0.2) is 11.6 Å². The highest BCUT2D eigenvalue weighted by molar-refractivity contribution is 5.73. The van der Waals surface area contributed by atoms with Crippen LogP contribution in [0.4, 0.5) is 35.1 Å². The monoisotopic (exact) mass is 500 g/mol.